The SMILES string of the molecule is Cc1ccc(/C=N\NC(=O)[C@H]2COc3ccccc3O2)c(O)c1. The van der Waals surface area contributed by atoms with Gasteiger partial charge in [-0.3, -0.25) is 4.79 Å². The molecule has 1 aliphatic heterocycles. The van der Waals surface area contributed by atoms with Crippen LogP contribution in [-0.4, -0.2) is 29.9 Å². The quantitative estimate of drug-likeness (QED) is 0.671. The number of carbonyl (C=O) groups excluding carboxylic acids is 1. The Kier molecular flexibility index (Phi) is 4.14. The summed E-state index contributed by atoms with van der Waals surface area (Å²) in [5.74, 6) is 0.834. The summed E-state index contributed by atoms with van der Waals surface area (Å²) in [5.41, 5.74) is 3.84. The van der Waals surface area contributed by atoms with E-state index in [0.29, 0.717) is 17.1 Å². The van der Waals surface area contributed by atoms with Gasteiger partial charge >= 0.3 is 0 Å². The monoisotopic (exact) mass is 312 g/mol. The Labute approximate surface area is 133 Å². The molecule has 0 bridgehead atoms. The Morgan fingerprint density at radius 1 is 1.30 bits per heavy atom. The molecule has 118 valence electrons. The number of hydrogen-bond donors (Lipinski definition) is 2. The van der Waals surface area contributed by atoms with Crippen LogP contribution >= 0.6 is 0 Å². The van der Waals surface area contributed by atoms with Crippen LogP contribution in [0.5, 0.6) is 17.2 Å². The number of phenolic OH excluding ortho intramolecular Hbond substituents is 1. The van der Waals surface area contributed by atoms with Crippen LogP contribution in [0.15, 0.2) is 47.6 Å². The topological polar surface area (TPSA) is 80.2 Å². The molecule has 0 spiro atoms. The number of nitrogens with zero attached hydrogens (tertiary/aromatic N) is 1. The largest absolute Gasteiger partial charge is 0.507 e. The molecule has 23 heavy (non-hydrogen) atoms. The van der Waals surface area contributed by atoms with Gasteiger partial charge in [-0.05, 0) is 36.8 Å². The minimum Gasteiger partial charge on any atom is -0.507 e. The van der Waals surface area contributed by atoms with Crippen LogP contribution < -0.4 is 14.9 Å². The highest BCUT2D eigenvalue weighted by Crippen LogP contribution is 2.30. The highest BCUT2D eigenvalue weighted by Gasteiger charge is 2.26. The van der Waals surface area contributed by atoms with Gasteiger partial charge in [0.2, 0.25) is 6.10 Å². The Hall–Kier alpha value is -3.02. The number of phenols is 1. The number of aryl methyl sites for hydroxylation is 1. The second-order valence-electron chi connectivity index (χ2n) is 5.16. The summed E-state index contributed by atoms with van der Waals surface area (Å²) in [6.45, 7) is 1.99. The minimum atomic E-state index is -0.770. The van der Waals surface area contributed by atoms with Crippen LogP contribution in [0.3, 0.4) is 0 Å². The standard InChI is InChI=1S/C17H16N2O4/c1-11-6-7-12(13(20)8-11)9-18-19-17(21)16-10-22-14-4-2-3-5-15(14)23-16/h2-9,16,20H,10H2,1H3,(H,19,21)/b18-9-/t16-/m1/s1. The molecule has 1 aliphatic rings. The van der Waals surface area contributed by atoms with Crippen molar-refractivity contribution in [2.75, 3.05) is 6.61 Å². The van der Waals surface area contributed by atoms with Crippen molar-refractivity contribution in [2.24, 2.45) is 5.10 Å². The summed E-state index contributed by atoms with van der Waals surface area (Å²) in [6.07, 6.45) is 0.610. The van der Waals surface area contributed by atoms with Gasteiger partial charge < -0.3 is 14.6 Å². The number of benzene rings is 2. The van der Waals surface area contributed by atoms with E-state index in [1.165, 1.54) is 6.21 Å². The smallest absolute Gasteiger partial charge is 0.284 e. The molecular formula is C17H16N2O4. The molecule has 0 saturated heterocycles. The summed E-state index contributed by atoms with van der Waals surface area (Å²) >= 11 is 0. The van der Waals surface area contributed by atoms with E-state index in [-0.39, 0.29) is 12.4 Å². The van der Waals surface area contributed by atoms with Gasteiger partial charge in [0.1, 0.15) is 12.4 Å². The zero-order valence-electron chi connectivity index (χ0n) is 12.5. The Balaban J connectivity index is 1.61. The van der Waals surface area contributed by atoms with Crippen molar-refractivity contribution >= 4 is 12.1 Å². The molecule has 1 atom stereocenters. The molecule has 2 aromatic carbocycles. The van der Waals surface area contributed by atoms with Gasteiger partial charge in [-0.2, -0.15) is 5.10 Å². The molecule has 0 aromatic heterocycles. The maximum atomic E-state index is 12.0. The number of carbonyl (C=O) groups is 1. The lowest BCUT2D eigenvalue weighted by atomic mass is 10.1. The second-order valence-corrected chi connectivity index (χ2v) is 5.16. The van der Waals surface area contributed by atoms with Gasteiger partial charge in [0.15, 0.2) is 11.5 Å². The van der Waals surface area contributed by atoms with Crippen molar-refractivity contribution in [1.82, 2.24) is 5.43 Å². The fraction of sp³-hybridized carbons (Fsp3) is 0.176. The highest BCUT2D eigenvalue weighted by molar-refractivity contribution is 5.86. The summed E-state index contributed by atoms with van der Waals surface area (Å²) < 4.78 is 11.1. The molecule has 6 nitrogen and oxygen atoms in total. The van der Waals surface area contributed by atoms with Crippen molar-refractivity contribution in [3.8, 4) is 17.2 Å². The normalized spacial score (nSPS) is 16.3. The van der Waals surface area contributed by atoms with Crippen molar-refractivity contribution in [3.63, 3.8) is 0 Å². The first-order chi connectivity index (χ1) is 11.1. The van der Waals surface area contributed by atoms with E-state index in [1.54, 1.807) is 30.3 Å². The van der Waals surface area contributed by atoms with Crippen LogP contribution in [0, 0.1) is 6.92 Å². The molecule has 1 amide bonds. The maximum absolute atomic E-state index is 12.0. The number of aromatic hydroxyl groups is 1. The van der Waals surface area contributed by atoms with E-state index in [0.717, 1.165) is 5.56 Å². The molecule has 2 N–H and O–H groups in total. The summed E-state index contributed by atoms with van der Waals surface area (Å²) in [4.78, 5) is 12.0. The fourth-order valence-electron chi connectivity index (χ4n) is 2.15. The molecule has 2 aromatic rings. The van der Waals surface area contributed by atoms with E-state index in [1.807, 2.05) is 19.1 Å². The van der Waals surface area contributed by atoms with E-state index in [4.69, 9.17) is 9.47 Å². The van der Waals surface area contributed by atoms with Crippen LogP contribution in [0.1, 0.15) is 11.1 Å². The molecular weight excluding hydrogens is 296 g/mol. The Bertz CT molecular complexity index is 758. The van der Waals surface area contributed by atoms with Gasteiger partial charge in [0.25, 0.3) is 5.91 Å². The molecule has 6 heteroatoms. The molecule has 0 fully saturated rings. The van der Waals surface area contributed by atoms with Crippen LogP contribution in [0.2, 0.25) is 0 Å². The molecule has 1 heterocycles. The Morgan fingerprint density at radius 2 is 2.09 bits per heavy atom. The first-order valence-corrected chi connectivity index (χ1v) is 7.14. The number of ether oxygens (including phenoxy) is 2. The summed E-state index contributed by atoms with van der Waals surface area (Å²) in [6, 6.07) is 12.3. The van der Waals surface area contributed by atoms with E-state index in [2.05, 4.69) is 10.5 Å². The van der Waals surface area contributed by atoms with Crippen molar-refractivity contribution in [2.45, 2.75) is 13.0 Å². The number of hydrazone groups is 1. The van der Waals surface area contributed by atoms with Gasteiger partial charge in [-0.1, -0.05) is 18.2 Å². The number of hydrogen-bond acceptors (Lipinski definition) is 5. The lowest BCUT2D eigenvalue weighted by molar-refractivity contribution is -0.130. The fourth-order valence-corrected chi connectivity index (χ4v) is 2.15. The predicted molar refractivity (Wildman–Crippen MR) is 84.9 cm³/mol. The average molecular weight is 312 g/mol. The second kappa shape index (κ2) is 6.39. The lowest BCUT2D eigenvalue weighted by Gasteiger charge is -2.24. The molecule has 0 aliphatic carbocycles. The van der Waals surface area contributed by atoms with E-state index >= 15 is 0 Å². The van der Waals surface area contributed by atoms with Crippen molar-refractivity contribution in [1.29, 1.82) is 0 Å². The first kappa shape index (κ1) is 14.9. The van der Waals surface area contributed by atoms with Gasteiger partial charge in [0.05, 0.1) is 6.21 Å². The number of rotatable bonds is 3. The lowest BCUT2D eigenvalue weighted by Crippen LogP contribution is -2.42. The third-order valence-electron chi connectivity index (χ3n) is 3.37. The van der Waals surface area contributed by atoms with Crippen molar-refractivity contribution in [3.05, 3.63) is 53.6 Å². The molecule has 0 unspecified atom stereocenters. The molecule has 3 rings (SSSR count). The third-order valence-corrected chi connectivity index (χ3v) is 3.37. The third kappa shape index (κ3) is 3.42. The van der Waals surface area contributed by atoms with E-state index < -0.39 is 12.0 Å². The molecule has 0 radical (unpaired) electrons. The summed E-state index contributed by atoms with van der Waals surface area (Å²) in [7, 11) is 0. The van der Waals surface area contributed by atoms with Crippen LogP contribution in [0.25, 0.3) is 0 Å². The Morgan fingerprint density at radius 3 is 2.87 bits per heavy atom. The minimum absolute atomic E-state index is 0.106. The predicted octanol–water partition coefficient (Wildman–Crippen LogP) is 1.99. The first-order valence-electron chi connectivity index (χ1n) is 7.14. The molecule has 0 saturated carbocycles. The number of nitrogens with one attached hydrogen (secondary N) is 1. The van der Waals surface area contributed by atoms with Crippen LogP contribution in [-0.2, 0) is 4.79 Å². The van der Waals surface area contributed by atoms with Crippen LogP contribution in [0.4, 0.5) is 0 Å². The van der Waals surface area contributed by atoms with Crippen molar-refractivity contribution < 1.29 is 19.4 Å². The number of amides is 1. The zero-order chi connectivity index (χ0) is 16.2. The highest BCUT2D eigenvalue weighted by atomic mass is 16.6. The van der Waals surface area contributed by atoms with Gasteiger partial charge in [-0.15, -0.1) is 0 Å². The van der Waals surface area contributed by atoms with E-state index in [9.17, 15) is 9.90 Å². The van der Waals surface area contributed by atoms with Gasteiger partial charge in [0, 0.05) is 5.56 Å². The zero-order valence-corrected chi connectivity index (χ0v) is 12.5. The van der Waals surface area contributed by atoms with Gasteiger partial charge in [-0.25, -0.2) is 5.43 Å². The summed E-state index contributed by atoms with van der Waals surface area (Å²) in [5, 5.41) is 13.6. The number of fused-ring (bicyclic) bond motifs is 1. The maximum Gasteiger partial charge on any atom is 0.284 e. The number of para-hydroxylation sites is 2. The average Bonchev–Trinajstić information content (AvgIpc) is 2.56.